The molecule has 3 rings (SSSR count). The molecule has 0 saturated heterocycles. The quantitative estimate of drug-likeness (QED) is 0.477. The molecule has 0 atom stereocenters. The molecule has 0 fully saturated rings. The molecular formula is C20H20O3Se. The molecular weight excluding hydrogens is 367 g/mol. The SMILES string of the molecule is CCOC(=O)c1[se]c2ccccc2c1-c1ccc(OC(C)C)cc1. The zero-order chi connectivity index (χ0) is 17.1. The van der Waals surface area contributed by atoms with Crippen LogP contribution in [0.15, 0.2) is 48.5 Å². The maximum absolute atomic E-state index is 12.4. The standard InChI is InChI=1S/C20H20O3Se/c1-4-22-20(21)19-18(16-7-5-6-8-17(16)24-19)14-9-11-15(12-10-14)23-13(2)3/h5-13H,4H2,1-3H3. The van der Waals surface area contributed by atoms with Gasteiger partial charge in [-0.3, -0.25) is 0 Å². The number of rotatable bonds is 5. The summed E-state index contributed by atoms with van der Waals surface area (Å²) in [5.41, 5.74) is 2.03. The first kappa shape index (κ1) is 16.8. The molecule has 0 aliphatic carbocycles. The molecule has 0 aliphatic heterocycles. The van der Waals surface area contributed by atoms with Crippen LogP contribution in [0.25, 0.3) is 20.8 Å². The summed E-state index contributed by atoms with van der Waals surface area (Å²) < 4.78 is 13.0. The fraction of sp³-hybridized carbons (Fsp3) is 0.250. The summed E-state index contributed by atoms with van der Waals surface area (Å²) >= 11 is -0.0225. The number of carbonyl (C=O) groups is 1. The monoisotopic (exact) mass is 388 g/mol. The van der Waals surface area contributed by atoms with Crippen LogP contribution in [-0.4, -0.2) is 33.2 Å². The molecule has 1 aromatic heterocycles. The van der Waals surface area contributed by atoms with Crippen LogP contribution in [0.3, 0.4) is 0 Å². The Bertz CT molecular complexity index is 847. The Morgan fingerprint density at radius 2 is 1.79 bits per heavy atom. The van der Waals surface area contributed by atoms with Crippen LogP contribution in [0.1, 0.15) is 30.0 Å². The van der Waals surface area contributed by atoms with E-state index >= 15 is 0 Å². The molecule has 3 nitrogen and oxygen atoms in total. The Labute approximate surface area is 148 Å². The predicted molar refractivity (Wildman–Crippen MR) is 98.0 cm³/mol. The van der Waals surface area contributed by atoms with E-state index in [2.05, 4.69) is 12.1 Å². The van der Waals surface area contributed by atoms with Crippen molar-refractivity contribution >= 4 is 30.1 Å². The molecule has 24 heavy (non-hydrogen) atoms. The van der Waals surface area contributed by atoms with Crippen LogP contribution in [0, 0.1) is 0 Å². The number of hydrogen-bond donors (Lipinski definition) is 0. The van der Waals surface area contributed by atoms with Crippen molar-refractivity contribution in [2.75, 3.05) is 6.61 Å². The molecule has 3 aromatic rings. The summed E-state index contributed by atoms with van der Waals surface area (Å²) in [6.45, 7) is 6.24. The predicted octanol–water partition coefficient (Wildman–Crippen LogP) is 4.53. The number of benzene rings is 2. The molecule has 124 valence electrons. The third-order valence-electron chi connectivity index (χ3n) is 3.57. The van der Waals surface area contributed by atoms with Crippen LogP contribution < -0.4 is 4.74 Å². The summed E-state index contributed by atoms with van der Waals surface area (Å²) in [6, 6.07) is 16.2. The van der Waals surface area contributed by atoms with E-state index in [0.29, 0.717) is 6.61 Å². The molecule has 0 saturated carbocycles. The summed E-state index contributed by atoms with van der Waals surface area (Å²) in [6.07, 6.45) is 0.140. The Morgan fingerprint density at radius 3 is 2.46 bits per heavy atom. The zero-order valence-corrected chi connectivity index (χ0v) is 15.7. The third-order valence-corrected chi connectivity index (χ3v) is 5.99. The van der Waals surface area contributed by atoms with Gasteiger partial charge in [-0.25, -0.2) is 0 Å². The van der Waals surface area contributed by atoms with Crippen molar-refractivity contribution in [1.82, 2.24) is 0 Å². The van der Waals surface area contributed by atoms with Gasteiger partial charge in [-0.2, -0.15) is 0 Å². The normalized spacial score (nSPS) is 11.0. The molecule has 0 radical (unpaired) electrons. The van der Waals surface area contributed by atoms with Gasteiger partial charge in [0.15, 0.2) is 0 Å². The van der Waals surface area contributed by atoms with Gasteiger partial charge >= 0.3 is 148 Å². The molecule has 0 amide bonds. The van der Waals surface area contributed by atoms with Gasteiger partial charge in [-0.05, 0) is 0 Å². The average molecular weight is 387 g/mol. The molecule has 2 aromatic carbocycles. The second-order valence-corrected chi connectivity index (χ2v) is 7.92. The minimum atomic E-state index is -0.203. The Hall–Kier alpha value is -2.03. The fourth-order valence-electron chi connectivity index (χ4n) is 2.64. The summed E-state index contributed by atoms with van der Waals surface area (Å²) in [5, 5.41) is 1.14. The molecule has 0 unspecified atom stereocenters. The van der Waals surface area contributed by atoms with Crippen LogP contribution >= 0.6 is 0 Å². The van der Waals surface area contributed by atoms with E-state index in [1.165, 1.54) is 4.26 Å². The van der Waals surface area contributed by atoms with Crippen molar-refractivity contribution in [2.24, 2.45) is 0 Å². The number of esters is 1. The molecule has 0 spiro atoms. The summed E-state index contributed by atoms with van der Waals surface area (Å²) in [7, 11) is 0. The van der Waals surface area contributed by atoms with Gasteiger partial charge in [0.25, 0.3) is 0 Å². The van der Waals surface area contributed by atoms with Gasteiger partial charge in [-0.1, -0.05) is 0 Å². The summed E-state index contributed by atoms with van der Waals surface area (Å²) in [5.74, 6) is 0.634. The fourth-order valence-corrected chi connectivity index (χ4v) is 4.99. The van der Waals surface area contributed by atoms with E-state index in [0.717, 1.165) is 26.7 Å². The van der Waals surface area contributed by atoms with Crippen molar-refractivity contribution in [1.29, 1.82) is 0 Å². The van der Waals surface area contributed by atoms with Crippen LogP contribution in [0.2, 0.25) is 0 Å². The number of carbonyl (C=O) groups excluding carboxylic acids is 1. The average Bonchev–Trinajstić information content (AvgIpc) is 2.95. The Kier molecular flexibility index (Phi) is 5.08. The zero-order valence-electron chi connectivity index (χ0n) is 14.0. The van der Waals surface area contributed by atoms with Gasteiger partial charge in [0.05, 0.1) is 0 Å². The Balaban J connectivity index is 2.09. The van der Waals surface area contributed by atoms with Crippen molar-refractivity contribution in [3.05, 3.63) is 53.0 Å². The Morgan fingerprint density at radius 1 is 1.08 bits per heavy atom. The van der Waals surface area contributed by atoms with E-state index in [-0.39, 0.29) is 26.6 Å². The van der Waals surface area contributed by atoms with Gasteiger partial charge in [0.1, 0.15) is 0 Å². The van der Waals surface area contributed by atoms with E-state index in [9.17, 15) is 4.79 Å². The number of fused-ring (bicyclic) bond motifs is 1. The van der Waals surface area contributed by atoms with E-state index in [1.54, 1.807) is 0 Å². The van der Waals surface area contributed by atoms with Gasteiger partial charge < -0.3 is 0 Å². The van der Waals surface area contributed by atoms with Crippen molar-refractivity contribution in [3.8, 4) is 16.9 Å². The molecule has 1 heterocycles. The first-order valence-electron chi connectivity index (χ1n) is 8.06. The maximum atomic E-state index is 12.4. The van der Waals surface area contributed by atoms with E-state index in [4.69, 9.17) is 9.47 Å². The van der Waals surface area contributed by atoms with Crippen molar-refractivity contribution in [3.63, 3.8) is 0 Å². The second kappa shape index (κ2) is 7.25. The van der Waals surface area contributed by atoms with Crippen LogP contribution in [0.5, 0.6) is 5.75 Å². The summed E-state index contributed by atoms with van der Waals surface area (Å²) in [4.78, 5) is 12.4. The van der Waals surface area contributed by atoms with E-state index in [1.807, 2.05) is 57.2 Å². The van der Waals surface area contributed by atoms with Crippen LogP contribution in [0.4, 0.5) is 0 Å². The molecule has 0 bridgehead atoms. The van der Waals surface area contributed by atoms with Crippen molar-refractivity contribution < 1.29 is 14.3 Å². The first-order chi connectivity index (χ1) is 11.6. The van der Waals surface area contributed by atoms with Crippen LogP contribution in [-0.2, 0) is 4.74 Å². The molecule has 0 aliphatic rings. The first-order valence-corrected chi connectivity index (χ1v) is 9.77. The molecule has 0 N–H and O–H groups in total. The third kappa shape index (κ3) is 3.40. The number of ether oxygens (including phenoxy) is 2. The number of hydrogen-bond acceptors (Lipinski definition) is 3. The minimum absolute atomic E-state index is 0.0225. The molecule has 4 heteroatoms. The van der Waals surface area contributed by atoms with Gasteiger partial charge in [0, 0.05) is 0 Å². The van der Waals surface area contributed by atoms with Gasteiger partial charge in [-0.15, -0.1) is 0 Å². The van der Waals surface area contributed by atoms with Crippen molar-refractivity contribution in [2.45, 2.75) is 26.9 Å². The van der Waals surface area contributed by atoms with Gasteiger partial charge in [0.2, 0.25) is 0 Å². The topological polar surface area (TPSA) is 35.5 Å². The second-order valence-electron chi connectivity index (χ2n) is 5.71. The van der Waals surface area contributed by atoms with E-state index < -0.39 is 0 Å².